The fourth-order valence-corrected chi connectivity index (χ4v) is 2.30. The molecule has 1 saturated carbocycles. The van der Waals surface area contributed by atoms with E-state index >= 15 is 0 Å². The molecule has 1 atom stereocenters. The molecule has 1 unspecified atom stereocenters. The first-order valence-electron chi connectivity index (χ1n) is 6.23. The van der Waals surface area contributed by atoms with Crippen LogP contribution in [-0.4, -0.2) is 15.6 Å². The van der Waals surface area contributed by atoms with Crippen molar-refractivity contribution in [2.45, 2.75) is 52.0 Å². The van der Waals surface area contributed by atoms with Gasteiger partial charge in [-0.25, -0.2) is 0 Å². The molecule has 88 valence electrons. The number of nitrogens with zero attached hydrogens (tertiary/aromatic N) is 2. The highest BCUT2D eigenvalue weighted by molar-refractivity contribution is 5.81. The van der Waals surface area contributed by atoms with Gasteiger partial charge in [0.15, 0.2) is 0 Å². The van der Waals surface area contributed by atoms with Crippen LogP contribution in [0.4, 0.5) is 0 Å². The van der Waals surface area contributed by atoms with E-state index < -0.39 is 0 Å². The van der Waals surface area contributed by atoms with Crippen LogP contribution in [0.3, 0.4) is 0 Å². The molecule has 0 saturated heterocycles. The summed E-state index contributed by atoms with van der Waals surface area (Å²) in [5, 5.41) is 4.50. The molecule has 1 aromatic heterocycles. The maximum Gasteiger partial charge on any atom is 0.136 e. The minimum atomic E-state index is 0.226. The van der Waals surface area contributed by atoms with E-state index in [1.807, 2.05) is 16.9 Å². The van der Waals surface area contributed by atoms with Crippen molar-refractivity contribution < 1.29 is 4.79 Å². The lowest BCUT2D eigenvalue weighted by atomic mass is 9.85. The molecule has 1 aliphatic carbocycles. The maximum atomic E-state index is 11.7. The molecule has 0 bridgehead atoms. The third-order valence-corrected chi connectivity index (χ3v) is 3.33. The number of hydrogen-bond donors (Lipinski definition) is 0. The Morgan fingerprint density at radius 3 is 2.94 bits per heavy atom. The molecule has 0 aromatic carbocycles. The van der Waals surface area contributed by atoms with E-state index in [0.717, 1.165) is 31.4 Å². The van der Waals surface area contributed by atoms with Crippen LogP contribution in [-0.2, 0) is 11.2 Å². The van der Waals surface area contributed by atoms with E-state index in [2.05, 4.69) is 18.9 Å². The molecule has 0 radical (unpaired) electrons. The summed E-state index contributed by atoms with van der Waals surface area (Å²) < 4.78 is 1.96. The zero-order valence-corrected chi connectivity index (χ0v) is 10.1. The zero-order chi connectivity index (χ0) is 11.5. The Hall–Kier alpha value is -1.12. The molecule has 3 nitrogen and oxygen atoms in total. The van der Waals surface area contributed by atoms with Crippen molar-refractivity contribution in [3.05, 3.63) is 18.0 Å². The number of carbonyl (C=O) groups excluding carboxylic acids is 1. The Kier molecular flexibility index (Phi) is 3.42. The second-order valence-corrected chi connectivity index (χ2v) is 4.99. The van der Waals surface area contributed by atoms with Gasteiger partial charge in [0, 0.05) is 31.0 Å². The predicted molar refractivity (Wildman–Crippen MR) is 63.3 cm³/mol. The van der Waals surface area contributed by atoms with Gasteiger partial charge in [0.1, 0.15) is 5.78 Å². The molecular weight excluding hydrogens is 200 g/mol. The second kappa shape index (κ2) is 4.81. The molecular formula is C13H20N2O. The Labute approximate surface area is 96.8 Å². The van der Waals surface area contributed by atoms with E-state index in [-0.39, 0.29) is 5.92 Å². The fourth-order valence-electron chi connectivity index (χ4n) is 2.30. The number of ketones is 1. The van der Waals surface area contributed by atoms with Gasteiger partial charge < -0.3 is 0 Å². The molecule has 0 aliphatic heterocycles. The molecule has 1 heterocycles. The van der Waals surface area contributed by atoms with Gasteiger partial charge in [-0.2, -0.15) is 5.10 Å². The van der Waals surface area contributed by atoms with E-state index in [0.29, 0.717) is 11.8 Å². The molecule has 0 amide bonds. The first-order chi connectivity index (χ1) is 7.66. The number of carbonyl (C=O) groups is 1. The van der Waals surface area contributed by atoms with E-state index in [9.17, 15) is 4.79 Å². The summed E-state index contributed by atoms with van der Waals surface area (Å²) in [4.78, 5) is 11.7. The van der Waals surface area contributed by atoms with Crippen molar-refractivity contribution in [3.8, 4) is 0 Å². The van der Waals surface area contributed by atoms with Crippen LogP contribution in [0.5, 0.6) is 0 Å². The van der Waals surface area contributed by atoms with E-state index in [1.54, 1.807) is 0 Å². The van der Waals surface area contributed by atoms with Crippen molar-refractivity contribution >= 4 is 5.78 Å². The quantitative estimate of drug-likeness (QED) is 0.785. The highest BCUT2D eigenvalue weighted by Gasteiger charge is 2.23. The molecule has 0 N–H and O–H groups in total. The summed E-state index contributed by atoms with van der Waals surface area (Å²) in [5.74, 6) is 0.662. The largest absolute Gasteiger partial charge is 0.299 e. The second-order valence-electron chi connectivity index (χ2n) is 4.99. The molecule has 3 heteroatoms. The predicted octanol–water partition coefficient (Wildman–Crippen LogP) is 2.77. The van der Waals surface area contributed by atoms with Gasteiger partial charge in [-0.1, -0.05) is 6.42 Å². The summed E-state index contributed by atoms with van der Waals surface area (Å²) in [6, 6.07) is 2.44. The number of rotatable bonds is 3. The molecule has 1 aliphatic rings. The first-order valence-corrected chi connectivity index (χ1v) is 6.23. The lowest BCUT2D eigenvalue weighted by Gasteiger charge is -2.19. The lowest BCUT2D eigenvalue weighted by molar-refractivity contribution is -0.124. The minimum absolute atomic E-state index is 0.226. The van der Waals surface area contributed by atoms with E-state index in [4.69, 9.17) is 0 Å². The summed E-state index contributed by atoms with van der Waals surface area (Å²) in [6.07, 6.45) is 6.94. The van der Waals surface area contributed by atoms with E-state index in [1.165, 1.54) is 6.42 Å². The third-order valence-electron chi connectivity index (χ3n) is 3.33. The van der Waals surface area contributed by atoms with Gasteiger partial charge in [-0.05, 0) is 32.8 Å². The van der Waals surface area contributed by atoms with Crippen LogP contribution in [0, 0.1) is 5.92 Å². The monoisotopic (exact) mass is 220 g/mol. The first kappa shape index (κ1) is 11.4. The van der Waals surface area contributed by atoms with Gasteiger partial charge in [-0.3, -0.25) is 9.48 Å². The summed E-state index contributed by atoms with van der Waals surface area (Å²) >= 11 is 0. The van der Waals surface area contributed by atoms with Crippen molar-refractivity contribution in [2.75, 3.05) is 0 Å². The van der Waals surface area contributed by atoms with Crippen molar-refractivity contribution in [1.29, 1.82) is 0 Å². The maximum absolute atomic E-state index is 11.7. The molecule has 16 heavy (non-hydrogen) atoms. The normalized spacial score (nSPS) is 21.7. The van der Waals surface area contributed by atoms with Gasteiger partial charge in [-0.15, -0.1) is 0 Å². The van der Waals surface area contributed by atoms with Crippen molar-refractivity contribution in [1.82, 2.24) is 9.78 Å². The van der Waals surface area contributed by atoms with Crippen LogP contribution < -0.4 is 0 Å². The molecule has 1 fully saturated rings. The molecule has 0 spiro atoms. The van der Waals surface area contributed by atoms with Crippen LogP contribution in [0.2, 0.25) is 0 Å². The Bertz CT molecular complexity index is 368. The Balaban J connectivity index is 1.99. The minimum Gasteiger partial charge on any atom is -0.299 e. The van der Waals surface area contributed by atoms with Gasteiger partial charge in [0.2, 0.25) is 0 Å². The van der Waals surface area contributed by atoms with Crippen LogP contribution in [0.1, 0.15) is 51.3 Å². The zero-order valence-electron chi connectivity index (χ0n) is 10.1. The van der Waals surface area contributed by atoms with Gasteiger partial charge >= 0.3 is 0 Å². The van der Waals surface area contributed by atoms with Gasteiger partial charge in [0.25, 0.3) is 0 Å². The SMILES string of the molecule is CC(C)n1ccc(CC2CCCCC2=O)n1. The van der Waals surface area contributed by atoms with Crippen LogP contribution in [0.15, 0.2) is 12.3 Å². The lowest BCUT2D eigenvalue weighted by Crippen LogP contribution is -2.21. The van der Waals surface area contributed by atoms with Crippen LogP contribution >= 0.6 is 0 Å². The number of hydrogen-bond acceptors (Lipinski definition) is 2. The van der Waals surface area contributed by atoms with Gasteiger partial charge in [0.05, 0.1) is 5.69 Å². The third kappa shape index (κ3) is 2.52. The van der Waals surface area contributed by atoms with Crippen LogP contribution in [0.25, 0.3) is 0 Å². The van der Waals surface area contributed by atoms with Crippen molar-refractivity contribution in [2.24, 2.45) is 5.92 Å². The number of aromatic nitrogens is 2. The average molecular weight is 220 g/mol. The average Bonchev–Trinajstić information content (AvgIpc) is 2.70. The summed E-state index contributed by atoms with van der Waals surface area (Å²) in [5.41, 5.74) is 1.06. The standard InChI is InChI=1S/C13H20N2O/c1-10(2)15-8-7-12(14-15)9-11-5-3-4-6-13(11)16/h7-8,10-11H,3-6,9H2,1-2H3. The fraction of sp³-hybridized carbons (Fsp3) is 0.692. The highest BCUT2D eigenvalue weighted by Crippen LogP contribution is 2.23. The topological polar surface area (TPSA) is 34.9 Å². The number of Topliss-reactive ketones (excluding diaryl/α,β-unsaturated/α-hetero) is 1. The summed E-state index contributed by atoms with van der Waals surface area (Å²) in [7, 11) is 0. The van der Waals surface area contributed by atoms with Crippen molar-refractivity contribution in [3.63, 3.8) is 0 Å². The summed E-state index contributed by atoms with van der Waals surface area (Å²) in [6.45, 7) is 4.23. The molecule has 1 aromatic rings. The smallest absolute Gasteiger partial charge is 0.136 e. The Morgan fingerprint density at radius 1 is 1.50 bits per heavy atom. The highest BCUT2D eigenvalue weighted by atomic mass is 16.1. The Morgan fingerprint density at radius 2 is 2.31 bits per heavy atom. The molecule has 2 rings (SSSR count).